The third-order valence-electron chi connectivity index (χ3n) is 3.52. The van der Waals surface area contributed by atoms with Crippen molar-refractivity contribution in [3.8, 4) is 0 Å². The van der Waals surface area contributed by atoms with E-state index in [1.54, 1.807) is 12.1 Å². The van der Waals surface area contributed by atoms with E-state index in [9.17, 15) is 14.0 Å². The number of carbonyl (C=O) groups is 2. The molecule has 2 aromatic carbocycles. The van der Waals surface area contributed by atoms with Gasteiger partial charge < -0.3 is 5.32 Å². The molecule has 0 radical (unpaired) electrons. The number of thioether (sulfide) groups is 1. The molecule has 3 nitrogen and oxygen atoms in total. The fraction of sp³-hybridized carbons (Fsp3) is 0.263. The quantitative estimate of drug-likeness (QED) is 0.612. The number of rotatable bonds is 7. The van der Waals surface area contributed by atoms with Gasteiger partial charge in [0, 0.05) is 23.9 Å². The molecule has 24 heavy (non-hydrogen) atoms. The Bertz CT molecular complexity index is 698. The lowest BCUT2D eigenvalue weighted by Crippen LogP contribution is -2.22. The molecule has 1 unspecified atom stereocenters. The molecular formula is C19H20FNO2S. The number of carbonyl (C=O) groups excluding carboxylic acids is 2. The molecule has 0 fully saturated rings. The van der Waals surface area contributed by atoms with Crippen molar-refractivity contribution < 1.29 is 14.0 Å². The second-order valence-electron chi connectivity index (χ2n) is 5.51. The van der Waals surface area contributed by atoms with E-state index in [-0.39, 0.29) is 22.8 Å². The lowest BCUT2D eigenvalue weighted by molar-refractivity contribution is -0.118. The Morgan fingerprint density at radius 3 is 2.29 bits per heavy atom. The maximum atomic E-state index is 12.9. The largest absolute Gasteiger partial charge is 0.356 e. The van der Waals surface area contributed by atoms with Crippen LogP contribution in [-0.4, -0.2) is 23.5 Å². The van der Waals surface area contributed by atoms with Gasteiger partial charge in [0.2, 0.25) is 5.91 Å². The fourth-order valence-electron chi connectivity index (χ4n) is 2.22. The molecule has 2 aromatic rings. The summed E-state index contributed by atoms with van der Waals surface area (Å²) in [7, 11) is 0. The minimum absolute atomic E-state index is 0.0396. The Morgan fingerprint density at radius 1 is 1.08 bits per heavy atom. The Balaban J connectivity index is 1.93. The van der Waals surface area contributed by atoms with Gasteiger partial charge in [0.15, 0.2) is 5.78 Å². The summed E-state index contributed by atoms with van der Waals surface area (Å²) in [6.45, 7) is 3.92. The first-order valence-electron chi connectivity index (χ1n) is 7.75. The number of hydrogen-bond acceptors (Lipinski definition) is 3. The number of nitrogens with one attached hydrogen (secondary N) is 1. The molecule has 0 aromatic heterocycles. The predicted octanol–water partition coefficient (Wildman–Crippen LogP) is 3.87. The van der Waals surface area contributed by atoms with Crippen LogP contribution in [0.4, 0.5) is 4.39 Å². The van der Waals surface area contributed by atoms with Crippen molar-refractivity contribution in [2.75, 3.05) is 6.54 Å². The maximum absolute atomic E-state index is 12.9. The average Bonchev–Trinajstić information content (AvgIpc) is 2.56. The van der Waals surface area contributed by atoms with Crippen LogP contribution in [0.15, 0.2) is 53.4 Å². The van der Waals surface area contributed by atoms with E-state index in [0.717, 1.165) is 16.9 Å². The van der Waals surface area contributed by atoms with E-state index >= 15 is 0 Å². The van der Waals surface area contributed by atoms with Gasteiger partial charge in [-0.3, -0.25) is 9.59 Å². The molecule has 5 heteroatoms. The summed E-state index contributed by atoms with van der Waals surface area (Å²) in [5.41, 5.74) is 1.72. The molecule has 0 saturated heterocycles. The highest BCUT2D eigenvalue weighted by Gasteiger charge is 2.16. The summed E-state index contributed by atoms with van der Waals surface area (Å²) in [5, 5.41) is 2.50. The highest BCUT2D eigenvalue weighted by atomic mass is 32.2. The molecule has 2 rings (SSSR count). The van der Waals surface area contributed by atoms with Gasteiger partial charge in [-0.15, -0.1) is 11.8 Å². The molecule has 0 heterocycles. The van der Waals surface area contributed by atoms with Gasteiger partial charge in [-0.2, -0.15) is 0 Å². The zero-order valence-corrected chi connectivity index (χ0v) is 14.5. The fourth-order valence-corrected chi connectivity index (χ4v) is 3.17. The third-order valence-corrected chi connectivity index (χ3v) is 4.63. The van der Waals surface area contributed by atoms with Crippen molar-refractivity contribution in [1.29, 1.82) is 0 Å². The lowest BCUT2D eigenvalue weighted by Gasteiger charge is -2.11. The molecule has 0 saturated carbocycles. The summed E-state index contributed by atoms with van der Waals surface area (Å²) in [6, 6.07) is 13.6. The van der Waals surface area contributed by atoms with Gasteiger partial charge in [0.1, 0.15) is 5.82 Å². The molecule has 0 aliphatic heterocycles. The van der Waals surface area contributed by atoms with Crippen molar-refractivity contribution in [2.24, 2.45) is 0 Å². The first-order chi connectivity index (χ1) is 11.5. The monoisotopic (exact) mass is 345 g/mol. The second-order valence-corrected chi connectivity index (χ2v) is 6.92. The predicted molar refractivity (Wildman–Crippen MR) is 94.9 cm³/mol. The maximum Gasteiger partial charge on any atom is 0.216 e. The third kappa shape index (κ3) is 5.49. The second kappa shape index (κ2) is 8.64. The van der Waals surface area contributed by atoms with Gasteiger partial charge in [-0.1, -0.05) is 24.3 Å². The van der Waals surface area contributed by atoms with E-state index in [1.807, 2.05) is 31.2 Å². The summed E-state index contributed by atoms with van der Waals surface area (Å²) in [6.07, 6.45) is 0.730. The van der Waals surface area contributed by atoms with Crippen LogP contribution in [0.1, 0.15) is 29.8 Å². The number of halogens is 1. The normalized spacial score (nSPS) is 11.8. The van der Waals surface area contributed by atoms with Crippen LogP contribution < -0.4 is 5.32 Å². The van der Waals surface area contributed by atoms with Crippen molar-refractivity contribution in [2.45, 2.75) is 30.4 Å². The molecular weight excluding hydrogens is 325 g/mol. The highest BCUT2D eigenvalue weighted by molar-refractivity contribution is 8.00. The summed E-state index contributed by atoms with van der Waals surface area (Å²) < 4.78 is 12.9. The van der Waals surface area contributed by atoms with Crippen LogP contribution in [0.2, 0.25) is 0 Å². The van der Waals surface area contributed by atoms with Gasteiger partial charge >= 0.3 is 0 Å². The lowest BCUT2D eigenvalue weighted by atomic mass is 10.0. The smallest absolute Gasteiger partial charge is 0.216 e. The van der Waals surface area contributed by atoms with Crippen LogP contribution in [0.25, 0.3) is 0 Å². The molecule has 0 spiro atoms. The van der Waals surface area contributed by atoms with E-state index in [1.165, 1.54) is 30.8 Å². The zero-order valence-electron chi connectivity index (χ0n) is 13.7. The first kappa shape index (κ1) is 18.2. The van der Waals surface area contributed by atoms with Crippen molar-refractivity contribution in [3.05, 3.63) is 65.5 Å². The van der Waals surface area contributed by atoms with Crippen LogP contribution in [0.3, 0.4) is 0 Å². The number of benzene rings is 2. The first-order valence-corrected chi connectivity index (χ1v) is 8.63. The number of ketones is 1. The van der Waals surface area contributed by atoms with Crippen LogP contribution in [-0.2, 0) is 11.2 Å². The number of hydrogen-bond donors (Lipinski definition) is 1. The Kier molecular flexibility index (Phi) is 6.55. The van der Waals surface area contributed by atoms with Crippen molar-refractivity contribution in [3.63, 3.8) is 0 Å². The van der Waals surface area contributed by atoms with Gasteiger partial charge in [-0.05, 0) is 43.2 Å². The van der Waals surface area contributed by atoms with Crippen LogP contribution in [0, 0.1) is 5.82 Å². The van der Waals surface area contributed by atoms with Crippen molar-refractivity contribution in [1.82, 2.24) is 5.32 Å². The van der Waals surface area contributed by atoms with E-state index in [2.05, 4.69) is 5.32 Å². The molecule has 1 amide bonds. The Morgan fingerprint density at radius 2 is 1.71 bits per heavy atom. The number of Topliss-reactive ketones (excluding diaryl/α,β-unsaturated/α-hetero) is 1. The Hall–Kier alpha value is -2.14. The molecule has 126 valence electrons. The molecule has 0 aliphatic rings. The summed E-state index contributed by atoms with van der Waals surface area (Å²) >= 11 is 1.41. The van der Waals surface area contributed by atoms with E-state index < -0.39 is 0 Å². The standard InChI is InChI=1S/C19H20FNO2S/c1-13(24-18-9-7-17(20)8-10-18)19(23)16-5-3-15(4-6-16)11-12-21-14(2)22/h3-10,13H,11-12H2,1-2H3,(H,21,22). The van der Waals surface area contributed by atoms with Gasteiger partial charge in [0.05, 0.1) is 5.25 Å². The Labute approximate surface area is 145 Å². The minimum atomic E-state index is -0.284. The SMILES string of the molecule is CC(=O)NCCc1ccc(C(=O)C(C)Sc2ccc(F)cc2)cc1. The topological polar surface area (TPSA) is 46.2 Å². The molecule has 0 bridgehead atoms. The average molecular weight is 345 g/mol. The molecule has 0 aliphatic carbocycles. The minimum Gasteiger partial charge on any atom is -0.356 e. The van der Waals surface area contributed by atoms with Crippen LogP contribution >= 0.6 is 11.8 Å². The van der Waals surface area contributed by atoms with Crippen molar-refractivity contribution >= 4 is 23.5 Å². The molecule has 1 atom stereocenters. The van der Waals surface area contributed by atoms with Crippen LogP contribution in [0.5, 0.6) is 0 Å². The molecule has 1 N–H and O–H groups in total. The van der Waals surface area contributed by atoms with Gasteiger partial charge in [-0.25, -0.2) is 4.39 Å². The van der Waals surface area contributed by atoms with E-state index in [0.29, 0.717) is 12.1 Å². The zero-order chi connectivity index (χ0) is 17.5. The summed E-state index contributed by atoms with van der Waals surface area (Å²) in [5.74, 6) is -0.292. The van der Waals surface area contributed by atoms with E-state index in [4.69, 9.17) is 0 Å². The van der Waals surface area contributed by atoms with Gasteiger partial charge in [0.25, 0.3) is 0 Å². The summed E-state index contributed by atoms with van der Waals surface area (Å²) in [4.78, 5) is 24.2. The highest BCUT2D eigenvalue weighted by Crippen LogP contribution is 2.25. The number of amides is 1.